The van der Waals surface area contributed by atoms with Crippen LogP contribution in [-0.4, -0.2) is 43.7 Å². The molecule has 0 unspecified atom stereocenters. The summed E-state index contributed by atoms with van der Waals surface area (Å²) in [4.78, 5) is 19.6. The minimum Gasteiger partial charge on any atom is -0.480 e. The van der Waals surface area contributed by atoms with Gasteiger partial charge in [0.25, 0.3) is 0 Å². The van der Waals surface area contributed by atoms with Gasteiger partial charge in [-0.25, -0.2) is 0 Å². The van der Waals surface area contributed by atoms with Crippen LogP contribution in [0, 0.1) is 0 Å². The van der Waals surface area contributed by atoms with Gasteiger partial charge >= 0.3 is 5.97 Å². The van der Waals surface area contributed by atoms with Crippen LogP contribution >= 0.6 is 0 Å². The average molecular weight is 161 g/mol. The lowest BCUT2D eigenvalue weighted by molar-refractivity contribution is -0.136. The van der Waals surface area contributed by atoms with Crippen LogP contribution in [0.15, 0.2) is 0 Å². The molecule has 0 heterocycles. The van der Waals surface area contributed by atoms with E-state index in [1.54, 1.807) is 0 Å². The van der Waals surface area contributed by atoms with Crippen molar-refractivity contribution in [3.63, 3.8) is 0 Å². The number of hydrogen-bond acceptors (Lipinski definition) is 4. The van der Waals surface area contributed by atoms with Crippen LogP contribution in [0.3, 0.4) is 0 Å². The minimum absolute atomic E-state index is 0.0642. The molecule has 0 rings (SSSR count). The highest BCUT2D eigenvalue weighted by Crippen LogP contribution is 1.68. The lowest BCUT2D eigenvalue weighted by Gasteiger charge is -1.99. The van der Waals surface area contributed by atoms with Crippen LogP contribution in [-0.2, 0) is 14.3 Å². The fraction of sp³-hybridized carbons (Fsp3) is 0.667. The maximum absolute atomic E-state index is 9.93. The van der Waals surface area contributed by atoms with Gasteiger partial charge in [0.05, 0.1) is 13.2 Å². The quantitative estimate of drug-likeness (QED) is 0.365. The third kappa shape index (κ3) is 9.06. The molecule has 0 spiro atoms. The van der Waals surface area contributed by atoms with Crippen LogP contribution in [0.25, 0.3) is 0 Å². The summed E-state index contributed by atoms with van der Waals surface area (Å²) in [7, 11) is 0. The lowest BCUT2D eigenvalue weighted by Crippen LogP contribution is -2.26. The predicted octanol–water partition coefficient (Wildman–Crippen LogP) is -1.12. The van der Waals surface area contributed by atoms with Gasteiger partial charge in [0.1, 0.15) is 12.9 Å². The molecule has 0 fully saturated rings. The van der Waals surface area contributed by atoms with Crippen LogP contribution in [0.2, 0.25) is 0 Å². The van der Waals surface area contributed by atoms with E-state index >= 15 is 0 Å². The third-order valence-corrected chi connectivity index (χ3v) is 0.885. The minimum atomic E-state index is -0.902. The van der Waals surface area contributed by atoms with Crippen molar-refractivity contribution in [2.24, 2.45) is 0 Å². The molecule has 0 saturated heterocycles. The SMILES string of the molecule is O=CCOCCNCC(=O)O. The molecule has 0 aromatic carbocycles. The number of hydrogen-bond donors (Lipinski definition) is 2. The molecule has 11 heavy (non-hydrogen) atoms. The monoisotopic (exact) mass is 161 g/mol. The second-order valence-corrected chi connectivity index (χ2v) is 1.81. The Morgan fingerprint density at radius 2 is 2.36 bits per heavy atom. The van der Waals surface area contributed by atoms with Gasteiger partial charge < -0.3 is 20.0 Å². The molecule has 0 aromatic rings. The number of carbonyl (C=O) groups excluding carboxylic acids is 1. The summed E-state index contributed by atoms with van der Waals surface area (Å²) in [5.41, 5.74) is 0. The van der Waals surface area contributed by atoms with Gasteiger partial charge in [-0.1, -0.05) is 0 Å². The first-order valence-corrected chi connectivity index (χ1v) is 3.21. The number of carboxylic acid groups (broad SMARTS) is 1. The molecule has 0 saturated carbocycles. The molecular formula is C6H11NO4. The van der Waals surface area contributed by atoms with E-state index in [0.29, 0.717) is 19.4 Å². The number of nitrogens with one attached hydrogen (secondary N) is 1. The summed E-state index contributed by atoms with van der Waals surface area (Å²) in [5, 5.41) is 10.8. The van der Waals surface area contributed by atoms with Gasteiger partial charge in [0.15, 0.2) is 0 Å². The summed E-state index contributed by atoms with van der Waals surface area (Å²) in [6.45, 7) is 0.783. The Hall–Kier alpha value is -0.940. The number of carbonyl (C=O) groups is 2. The van der Waals surface area contributed by atoms with Crippen LogP contribution in [0.4, 0.5) is 0 Å². The van der Waals surface area contributed by atoms with Crippen LogP contribution in [0.1, 0.15) is 0 Å². The van der Waals surface area contributed by atoms with Crippen molar-refractivity contribution >= 4 is 12.3 Å². The Labute approximate surface area is 64.3 Å². The number of aldehydes is 1. The molecular weight excluding hydrogens is 150 g/mol. The molecule has 0 aliphatic carbocycles. The normalized spacial score (nSPS) is 9.45. The average Bonchev–Trinajstić information content (AvgIpc) is 1.96. The fourth-order valence-corrected chi connectivity index (χ4v) is 0.471. The first-order chi connectivity index (χ1) is 5.27. The molecule has 0 amide bonds. The van der Waals surface area contributed by atoms with Gasteiger partial charge in [0, 0.05) is 6.54 Å². The Morgan fingerprint density at radius 3 is 2.91 bits per heavy atom. The zero-order valence-corrected chi connectivity index (χ0v) is 6.08. The highest BCUT2D eigenvalue weighted by molar-refractivity contribution is 5.68. The molecule has 64 valence electrons. The van der Waals surface area contributed by atoms with Gasteiger partial charge in [-0.2, -0.15) is 0 Å². The zero-order valence-electron chi connectivity index (χ0n) is 6.08. The standard InChI is InChI=1S/C6H11NO4/c8-2-4-11-3-1-7-5-6(9)10/h2,7H,1,3-5H2,(H,9,10). The van der Waals surface area contributed by atoms with Gasteiger partial charge in [-0.15, -0.1) is 0 Å². The Balaban J connectivity index is 2.90. The van der Waals surface area contributed by atoms with E-state index in [9.17, 15) is 9.59 Å². The number of rotatable bonds is 7. The molecule has 0 bridgehead atoms. The fourth-order valence-electron chi connectivity index (χ4n) is 0.471. The molecule has 2 N–H and O–H groups in total. The Morgan fingerprint density at radius 1 is 1.64 bits per heavy atom. The van der Waals surface area contributed by atoms with Crippen molar-refractivity contribution in [3.8, 4) is 0 Å². The highest BCUT2D eigenvalue weighted by atomic mass is 16.5. The molecule has 0 atom stereocenters. The van der Waals surface area contributed by atoms with E-state index < -0.39 is 5.97 Å². The number of ether oxygens (including phenoxy) is 1. The summed E-state index contributed by atoms with van der Waals surface area (Å²) in [6.07, 6.45) is 0.650. The molecule has 0 aliphatic heterocycles. The molecule has 0 radical (unpaired) electrons. The van der Waals surface area contributed by atoms with E-state index in [0.717, 1.165) is 0 Å². The second kappa shape index (κ2) is 7.17. The van der Waals surface area contributed by atoms with E-state index in [1.165, 1.54) is 0 Å². The largest absolute Gasteiger partial charge is 0.480 e. The maximum atomic E-state index is 9.93. The van der Waals surface area contributed by atoms with Crippen molar-refractivity contribution in [3.05, 3.63) is 0 Å². The van der Waals surface area contributed by atoms with Gasteiger partial charge in [-0.3, -0.25) is 4.79 Å². The first-order valence-electron chi connectivity index (χ1n) is 3.21. The summed E-state index contributed by atoms with van der Waals surface area (Å²) >= 11 is 0. The Kier molecular flexibility index (Phi) is 6.56. The predicted molar refractivity (Wildman–Crippen MR) is 37.4 cm³/mol. The first kappa shape index (κ1) is 10.1. The lowest BCUT2D eigenvalue weighted by atomic mass is 10.6. The maximum Gasteiger partial charge on any atom is 0.317 e. The molecule has 5 nitrogen and oxygen atoms in total. The van der Waals surface area contributed by atoms with Gasteiger partial charge in [-0.05, 0) is 0 Å². The second-order valence-electron chi connectivity index (χ2n) is 1.81. The smallest absolute Gasteiger partial charge is 0.317 e. The summed E-state index contributed by atoms with van der Waals surface area (Å²) < 4.78 is 4.74. The van der Waals surface area contributed by atoms with E-state index in [2.05, 4.69) is 5.32 Å². The van der Waals surface area contributed by atoms with Crippen LogP contribution in [0.5, 0.6) is 0 Å². The van der Waals surface area contributed by atoms with Crippen molar-refractivity contribution in [2.45, 2.75) is 0 Å². The number of aliphatic carboxylic acids is 1. The van der Waals surface area contributed by atoms with Crippen molar-refractivity contribution in [1.29, 1.82) is 0 Å². The van der Waals surface area contributed by atoms with Crippen LogP contribution < -0.4 is 5.32 Å². The summed E-state index contributed by atoms with van der Waals surface area (Å²) in [6, 6.07) is 0. The number of carboxylic acids is 1. The van der Waals surface area contributed by atoms with E-state index in [4.69, 9.17) is 9.84 Å². The topological polar surface area (TPSA) is 75.6 Å². The Bertz CT molecular complexity index is 126. The third-order valence-electron chi connectivity index (χ3n) is 0.885. The summed E-state index contributed by atoms with van der Waals surface area (Å²) in [5.74, 6) is -0.902. The van der Waals surface area contributed by atoms with E-state index in [1.807, 2.05) is 0 Å². The van der Waals surface area contributed by atoms with Crippen molar-refractivity contribution in [2.75, 3.05) is 26.3 Å². The molecule has 0 aliphatic rings. The van der Waals surface area contributed by atoms with Crippen molar-refractivity contribution in [1.82, 2.24) is 5.32 Å². The van der Waals surface area contributed by atoms with Crippen molar-refractivity contribution < 1.29 is 19.4 Å². The highest BCUT2D eigenvalue weighted by Gasteiger charge is 1.93. The van der Waals surface area contributed by atoms with E-state index in [-0.39, 0.29) is 13.2 Å². The molecule has 0 aromatic heterocycles. The molecule has 5 heteroatoms. The van der Waals surface area contributed by atoms with Gasteiger partial charge in [0.2, 0.25) is 0 Å². The zero-order chi connectivity index (χ0) is 8.53.